The van der Waals surface area contributed by atoms with Crippen molar-refractivity contribution in [1.29, 1.82) is 0 Å². The lowest BCUT2D eigenvalue weighted by molar-refractivity contribution is -0.745. The van der Waals surface area contributed by atoms with Crippen LogP contribution in [-0.4, -0.2) is 127 Å². The van der Waals surface area contributed by atoms with Gasteiger partial charge in [-0.1, -0.05) is 16.9 Å². The van der Waals surface area contributed by atoms with Gasteiger partial charge in [0.05, 0.1) is 39.6 Å². The van der Waals surface area contributed by atoms with Gasteiger partial charge in [-0.3, -0.25) is 51.7 Å². The molecule has 0 bridgehead atoms. The van der Waals surface area contributed by atoms with Crippen LogP contribution >= 0.6 is 23.5 Å². The molecule has 11 atom stereocenters. The number of nitrogens with one attached hydrogen (secondary N) is 3. The van der Waals surface area contributed by atoms with E-state index in [4.69, 9.17) is 39.0 Å². The van der Waals surface area contributed by atoms with E-state index in [9.17, 15) is 58.2 Å². The number of anilines is 2. The number of aryl methyl sites for hydroxylation is 1. The fraction of sp³-hybridized carbons (Fsp3) is 0.600. The largest absolute Gasteiger partial charge is 0.472 e. The molecule has 0 aromatic carbocycles. The third kappa shape index (κ3) is 9.51. The maximum absolute atomic E-state index is 12.8. The van der Waals surface area contributed by atoms with Crippen LogP contribution in [0.15, 0.2) is 22.2 Å². The number of ether oxygens (including phenoxy) is 2. The molecule has 316 valence electrons. The molecule has 2 saturated heterocycles. The molecule has 6 rings (SSSR count). The summed E-state index contributed by atoms with van der Waals surface area (Å²) in [7, 11) is -14.1. The molecular formula is C25H39N10O19P3+2. The monoisotopic (exact) mass is 876 g/mol. The van der Waals surface area contributed by atoms with E-state index < -0.39 is 116 Å². The zero-order valence-electron chi connectivity index (χ0n) is 29.4. The number of H-pyrrole nitrogens is 3. The van der Waals surface area contributed by atoms with Gasteiger partial charge in [0.15, 0.2) is 18.9 Å². The van der Waals surface area contributed by atoms with Gasteiger partial charge in [0.25, 0.3) is 23.0 Å². The topological polar surface area (TPSA) is 429 Å². The number of nitrogen functional groups attached to an aromatic ring is 2. The molecule has 2 fully saturated rings. The Kier molecular flexibility index (Phi) is 12.3. The van der Waals surface area contributed by atoms with E-state index >= 15 is 0 Å². The Bertz CT molecular complexity index is 2380. The Morgan fingerprint density at radius 3 is 1.96 bits per heavy atom. The Morgan fingerprint density at radius 2 is 1.37 bits per heavy atom. The number of hydrogen-bond acceptors (Lipinski definition) is 19. The predicted molar refractivity (Wildman–Crippen MR) is 183 cm³/mol. The molecule has 0 aliphatic carbocycles. The quantitative estimate of drug-likeness (QED) is 0.0373. The first-order valence-corrected chi connectivity index (χ1v) is 20.9. The Hall–Kier alpha value is -3.57. The summed E-state index contributed by atoms with van der Waals surface area (Å²) in [5, 5.41) is 32.0. The fourth-order valence-corrected chi connectivity index (χ4v) is 8.19. The van der Waals surface area contributed by atoms with Crippen LogP contribution in [-0.2, 0) is 52.8 Å². The summed E-state index contributed by atoms with van der Waals surface area (Å²) >= 11 is 0. The SMILES string of the molecule is C[C@@H]1[C@H](O)[C@@H](COP(=O)(O)OCC(COP(=O)(O)OC[C@H]2O[C@@H]([n+]3c[nH]c4c(=O)[nH]c(N)nc43)[C@H](O)[C@@H]2O)OP(=O)(O)O)O[C@H]1[n+]1cn(C)c2c(=O)[nH]c(N)nc21. The van der Waals surface area contributed by atoms with E-state index in [2.05, 4.69) is 29.4 Å². The number of phosphoric ester groups is 3. The van der Waals surface area contributed by atoms with E-state index in [0.717, 1.165) is 4.57 Å². The zero-order valence-corrected chi connectivity index (χ0v) is 32.1. The van der Waals surface area contributed by atoms with Crippen molar-refractivity contribution in [2.75, 3.05) is 37.9 Å². The van der Waals surface area contributed by atoms with Gasteiger partial charge in [0.2, 0.25) is 17.3 Å². The van der Waals surface area contributed by atoms with E-state index in [1.807, 2.05) is 0 Å². The van der Waals surface area contributed by atoms with Gasteiger partial charge in [0, 0.05) is 5.92 Å². The number of aromatic nitrogens is 8. The summed E-state index contributed by atoms with van der Waals surface area (Å²) in [5.41, 5.74) is 10.3. The minimum atomic E-state index is -5.39. The molecular weight excluding hydrogens is 837 g/mol. The van der Waals surface area contributed by atoms with Gasteiger partial charge < -0.3 is 55.8 Å². The average molecular weight is 877 g/mol. The molecule has 57 heavy (non-hydrogen) atoms. The summed E-state index contributed by atoms with van der Waals surface area (Å²) < 4.78 is 76.3. The van der Waals surface area contributed by atoms with Crippen molar-refractivity contribution in [1.82, 2.24) is 29.5 Å². The van der Waals surface area contributed by atoms with Crippen LogP contribution in [0.3, 0.4) is 0 Å². The molecule has 4 aromatic heterocycles. The second-order valence-electron chi connectivity index (χ2n) is 12.9. The molecule has 32 heteroatoms. The van der Waals surface area contributed by atoms with Crippen molar-refractivity contribution in [2.45, 2.75) is 56.0 Å². The number of aromatic amines is 3. The van der Waals surface area contributed by atoms with Crippen LogP contribution in [0.25, 0.3) is 22.3 Å². The first-order valence-electron chi connectivity index (χ1n) is 16.4. The van der Waals surface area contributed by atoms with Crippen LogP contribution in [0.1, 0.15) is 19.4 Å². The second kappa shape index (κ2) is 16.2. The fourth-order valence-electron chi connectivity index (χ4n) is 6.15. The number of imidazole rings is 2. The smallest absolute Gasteiger partial charge is 0.390 e. The number of phosphoric acid groups is 3. The molecule has 2 aliphatic heterocycles. The molecule has 0 radical (unpaired) electrons. The zero-order chi connectivity index (χ0) is 41.8. The van der Waals surface area contributed by atoms with E-state index in [-0.39, 0.29) is 34.2 Å². The first-order chi connectivity index (χ1) is 26.5. The van der Waals surface area contributed by atoms with Gasteiger partial charge in [0.1, 0.15) is 30.5 Å². The summed E-state index contributed by atoms with van der Waals surface area (Å²) in [5.74, 6) is -1.14. The number of aliphatic hydroxyl groups is 3. The van der Waals surface area contributed by atoms with E-state index in [1.165, 1.54) is 21.8 Å². The minimum Gasteiger partial charge on any atom is -0.390 e. The average Bonchev–Trinajstić information content (AvgIpc) is 3.83. The lowest BCUT2D eigenvalue weighted by Crippen LogP contribution is -2.46. The molecule has 14 N–H and O–H groups in total. The third-order valence-electron chi connectivity index (χ3n) is 8.81. The lowest BCUT2D eigenvalue weighted by Gasteiger charge is -2.22. The van der Waals surface area contributed by atoms with Crippen LogP contribution in [0.4, 0.5) is 11.9 Å². The van der Waals surface area contributed by atoms with Crippen LogP contribution < -0.4 is 31.7 Å². The Labute approximate surface area is 317 Å². The lowest BCUT2D eigenvalue weighted by atomic mass is 10.0. The predicted octanol–water partition coefficient (Wildman–Crippen LogP) is -4.48. The van der Waals surface area contributed by atoms with Gasteiger partial charge in [-0.05, 0) is 0 Å². The highest BCUT2D eigenvalue weighted by molar-refractivity contribution is 7.47. The van der Waals surface area contributed by atoms with Gasteiger partial charge in [-0.25, -0.2) is 22.8 Å². The van der Waals surface area contributed by atoms with Gasteiger partial charge in [-0.2, -0.15) is 0 Å². The van der Waals surface area contributed by atoms with Gasteiger partial charge >= 0.3 is 34.8 Å². The number of nitrogens with zero attached hydrogens (tertiary/aromatic N) is 5. The molecule has 29 nitrogen and oxygen atoms in total. The molecule has 3 unspecified atom stereocenters. The number of nitrogens with two attached hydrogens (primary N) is 2. The maximum Gasteiger partial charge on any atom is 0.472 e. The number of aliphatic hydroxyl groups excluding tert-OH is 3. The van der Waals surface area contributed by atoms with Gasteiger partial charge in [-0.15, -0.1) is 0 Å². The standard InChI is InChI=1S/C25H37N10O19P3/c1-9-15(36)11(52-22(9)35-8-33(2)14-19(35)30-25(27)32-21(14)40)5-50-56(44,45)48-3-10(54-55(41,42)43)4-49-57(46,47)51-6-12-16(37)17(38)23(53-12)34-7-28-13-18(34)29-24(26)31-20(13)39/h7-12,15-17,22-23,36-38H,3-6H2,1-2H3,(H9-,26,27,29,30,31,32,39,40,41,42,43,44,45,46,47)/p+2/t9-,10?,11-,12-,15+,16-,17-,22-,23-/m1/s1. The highest BCUT2D eigenvalue weighted by atomic mass is 31.2. The minimum absolute atomic E-state index is 0.0472. The highest BCUT2D eigenvalue weighted by Crippen LogP contribution is 2.48. The number of fused-ring (bicyclic) bond motifs is 2. The summed E-state index contributed by atoms with van der Waals surface area (Å²) in [4.78, 5) is 79.1. The van der Waals surface area contributed by atoms with Crippen LogP contribution in [0, 0.1) is 5.92 Å². The van der Waals surface area contributed by atoms with E-state index in [1.54, 1.807) is 14.0 Å². The first kappa shape index (κ1) is 43.0. The van der Waals surface area contributed by atoms with Crippen LogP contribution in [0.2, 0.25) is 0 Å². The highest BCUT2D eigenvalue weighted by Gasteiger charge is 2.48. The van der Waals surface area contributed by atoms with Crippen molar-refractivity contribution in [3.8, 4) is 0 Å². The molecule has 2 aliphatic rings. The van der Waals surface area contributed by atoms with Crippen LogP contribution in [0.5, 0.6) is 0 Å². The second-order valence-corrected chi connectivity index (χ2v) is 17.0. The summed E-state index contributed by atoms with van der Waals surface area (Å²) in [6, 6.07) is 0. The molecule has 0 saturated carbocycles. The normalized spacial score (nSPS) is 28.2. The van der Waals surface area contributed by atoms with E-state index in [0.29, 0.717) is 0 Å². The number of hydrogen-bond donors (Lipinski definition) is 12. The molecule has 4 aromatic rings. The Balaban J connectivity index is 1.02. The molecule has 0 amide bonds. The van der Waals surface area contributed by atoms with Crippen molar-refractivity contribution in [3.05, 3.63) is 33.4 Å². The molecule has 6 heterocycles. The van der Waals surface area contributed by atoms with Crippen molar-refractivity contribution in [2.24, 2.45) is 13.0 Å². The maximum atomic E-state index is 12.8. The third-order valence-corrected chi connectivity index (χ3v) is 11.3. The van der Waals surface area contributed by atoms with Crippen molar-refractivity contribution in [3.63, 3.8) is 0 Å². The Morgan fingerprint density at radius 1 is 0.825 bits per heavy atom. The van der Waals surface area contributed by atoms with Crippen molar-refractivity contribution >= 4 is 57.7 Å². The summed E-state index contributed by atoms with van der Waals surface area (Å²) in [6.45, 7) is -2.45. The molecule has 0 spiro atoms. The number of rotatable bonds is 16. The van der Waals surface area contributed by atoms with Crippen molar-refractivity contribution < 1.29 is 89.8 Å². The summed E-state index contributed by atoms with van der Waals surface area (Å²) in [6.07, 6.45) is -9.14.